The Hall–Kier alpha value is -1.39. The van der Waals surface area contributed by atoms with Crippen molar-refractivity contribution in [3.05, 3.63) is 23.8 Å². The van der Waals surface area contributed by atoms with Crippen LogP contribution in [0.3, 0.4) is 0 Å². The summed E-state index contributed by atoms with van der Waals surface area (Å²) in [5.74, 6) is 0.258. The predicted molar refractivity (Wildman–Crippen MR) is 68.4 cm³/mol. The molecule has 0 aliphatic heterocycles. The Morgan fingerprint density at radius 1 is 1.28 bits per heavy atom. The highest BCUT2D eigenvalue weighted by Gasteiger charge is 2.34. The third-order valence-electron chi connectivity index (χ3n) is 2.93. The average molecular weight is 260 g/mol. The molecular weight excluding hydrogens is 241 g/mol. The minimum absolute atomic E-state index is 0.00900. The number of hydrogen-bond acceptors (Lipinski definition) is 2. The van der Waals surface area contributed by atoms with Gasteiger partial charge in [-0.3, -0.25) is 0 Å². The molecule has 0 saturated heterocycles. The van der Waals surface area contributed by atoms with Crippen LogP contribution in [0.2, 0.25) is 0 Å². The standard InChI is InChI=1S/C13H19F3N2/c1-4-11(8(2)3)18-12-6-5-9(17)7-10(12)13(14,15)16/h5-8,11,18H,4,17H2,1-3H3. The van der Waals surface area contributed by atoms with Crippen molar-refractivity contribution < 1.29 is 13.2 Å². The summed E-state index contributed by atoms with van der Waals surface area (Å²) in [6.07, 6.45) is -3.63. The molecular formula is C13H19F3N2. The summed E-state index contributed by atoms with van der Waals surface area (Å²) in [5.41, 5.74) is 4.92. The molecule has 0 bridgehead atoms. The van der Waals surface area contributed by atoms with Crippen LogP contribution < -0.4 is 11.1 Å². The summed E-state index contributed by atoms with van der Waals surface area (Å²) in [5, 5.41) is 2.95. The van der Waals surface area contributed by atoms with Gasteiger partial charge in [0.05, 0.1) is 5.56 Å². The van der Waals surface area contributed by atoms with E-state index in [4.69, 9.17) is 5.73 Å². The molecule has 0 saturated carbocycles. The zero-order chi connectivity index (χ0) is 13.9. The SMILES string of the molecule is CCC(Nc1ccc(N)cc1C(F)(F)F)C(C)C. The Labute approximate surface area is 105 Å². The van der Waals surface area contributed by atoms with Crippen LogP contribution in [0.15, 0.2) is 18.2 Å². The molecule has 1 unspecified atom stereocenters. The number of anilines is 2. The largest absolute Gasteiger partial charge is 0.418 e. The molecule has 0 radical (unpaired) electrons. The first-order chi connectivity index (χ1) is 8.25. The zero-order valence-electron chi connectivity index (χ0n) is 10.8. The van der Waals surface area contributed by atoms with E-state index in [0.29, 0.717) is 0 Å². The lowest BCUT2D eigenvalue weighted by atomic mass is 10.0. The lowest BCUT2D eigenvalue weighted by molar-refractivity contribution is -0.136. The summed E-state index contributed by atoms with van der Waals surface area (Å²) >= 11 is 0. The van der Waals surface area contributed by atoms with E-state index in [0.717, 1.165) is 12.5 Å². The molecule has 0 spiro atoms. The van der Waals surface area contributed by atoms with Gasteiger partial charge >= 0.3 is 6.18 Å². The number of benzene rings is 1. The monoisotopic (exact) mass is 260 g/mol. The molecule has 0 aromatic heterocycles. The second-order valence-electron chi connectivity index (χ2n) is 4.71. The number of halogens is 3. The molecule has 0 amide bonds. The van der Waals surface area contributed by atoms with Gasteiger partial charge in [0.2, 0.25) is 0 Å². The minimum Gasteiger partial charge on any atom is -0.399 e. The normalized spacial score (nSPS) is 13.7. The molecule has 1 atom stereocenters. The van der Waals surface area contributed by atoms with Crippen molar-refractivity contribution in [2.75, 3.05) is 11.1 Å². The van der Waals surface area contributed by atoms with Crippen LogP contribution in [0.4, 0.5) is 24.5 Å². The number of alkyl halides is 3. The fourth-order valence-corrected chi connectivity index (χ4v) is 1.86. The van der Waals surface area contributed by atoms with E-state index in [2.05, 4.69) is 5.32 Å². The van der Waals surface area contributed by atoms with E-state index in [1.165, 1.54) is 12.1 Å². The maximum atomic E-state index is 12.9. The van der Waals surface area contributed by atoms with Crippen LogP contribution in [0.1, 0.15) is 32.8 Å². The van der Waals surface area contributed by atoms with Gasteiger partial charge in [0.1, 0.15) is 0 Å². The highest BCUT2D eigenvalue weighted by Crippen LogP contribution is 2.36. The third kappa shape index (κ3) is 3.55. The lowest BCUT2D eigenvalue weighted by Gasteiger charge is -2.24. The molecule has 1 rings (SSSR count). The van der Waals surface area contributed by atoms with Crippen molar-refractivity contribution in [2.45, 2.75) is 39.4 Å². The van der Waals surface area contributed by atoms with Crippen LogP contribution in [0.5, 0.6) is 0 Å². The predicted octanol–water partition coefficient (Wildman–Crippen LogP) is 4.13. The fraction of sp³-hybridized carbons (Fsp3) is 0.538. The summed E-state index contributed by atoms with van der Waals surface area (Å²) < 4.78 is 38.7. The smallest absolute Gasteiger partial charge is 0.399 e. The molecule has 0 aliphatic carbocycles. The Morgan fingerprint density at radius 2 is 1.89 bits per heavy atom. The minimum atomic E-state index is -4.40. The van der Waals surface area contributed by atoms with Crippen LogP contribution >= 0.6 is 0 Å². The summed E-state index contributed by atoms with van der Waals surface area (Å²) in [4.78, 5) is 0. The van der Waals surface area contributed by atoms with E-state index in [-0.39, 0.29) is 23.3 Å². The molecule has 0 fully saturated rings. The van der Waals surface area contributed by atoms with Crippen molar-refractivity contribution in [2.24, 2.45) is 5.92 Å². The Balaban J connectivity index is 3.09. The zero-order valence-corrected chi connectivity index (χ0v) is 10.8. The molecule has 0 heterocycles. The summed E-state index contributed by atoms with van der Waals surface area (Å²) in [6, 6.07) is 3.85. The number of rotatable bonds is 4. The van der Waals surface area contributed by atoms with Crippen LogP contribution in [0.25, 0.3) is 0 Å². The van der Waals surface area contributed by atoms with Gasteiger partial charge in [-0.1, -0.05) is 20.8 Å². The first kappa shape index (κ1) is 14.7. The van der Waals surface area contributed by atoms with Gasteiger partial charge in [-0.25, -0.2) is 0 Å². The van der Waals surface area contributed by atoms with Gasteiger partial charge in [0, 0.05) is 17.4 Å². The van der Waals surface area contributed by atoms with Crippen molar-refractivity contribution in [1.29, 1.82) is 0 Å². The Morgan fingerprint density at radius 3 is 2.33 bits per heavy atom. The van der Waals surface area contributed by atoms with E-state index >= 15 is 0 Å². The van der Waals surface area contributed by atoms with Crippen LogP contribution in [-0.2, 0) is 6.18 Å². The van der Waals surface area contributed by atoms with Gasteiger partial charge in [-0.15, -0.1) is 0 Å². The maximum Gasteiger partial charge on any atom is 0.418 e. The Bertz CT molecular complexity index is 400. The van der Waals surface area contributed by atoms with Crippen LogP contribution in [-0.4, -0.2) is 6.04 Å². The van der Waals surface area contributed by atoms with Gasteiger partial charge in [0.15, 0.2) is 0 Å². The van der Waals surface area contributed by atoms with Crippen molar-refractivity contribution in [1.82, 2.24) is 0 Å². The molecule has 1 aromatic carbocycles. The number of nitrogens with one attached hydrogen (secondary N) is 1. The number of nitrogens with two attached hydrogens (primary N) is 1. The first-order valence-electron chi connectivity index (χ1n) is 5.99. The lowest BCUT2D eigenvalue weighted by Crippen LogP contribution is -2.26. The van der Waals surface area contributed by atoms with Gasteiger partial charge in [0.25, 0.3) is 0 Å². The number of hydrogen-bond donors (Lipinski definition) is 2. The summed E-state index contributed by atoms with van der Waals surface area (Å²) in [7, 11) is 0. The van der Waals surface area contributed by atoms with Crippen LogP contribution in [0, 0.1) is 5.92 Å². The third-order valence-corrected chi connectivity index (χ3v) is 2.93. The maximum absolute atomic E-state index is 12.9. The molecule has 1 aromatic rings. The molecule has 18 heavy (non-hydrogen) atoms. The highest BCUT2D eigenvalue weighted by atomic mass is 19.4. The molecule has 2 nitrogen and oxygen atoms in total. The molecule has 0 aliphatic rings. The van der Waals surface area contributed by atoms with Gasteiger partial charge < -0.3 is 11.1 Å². The highest BCUT2D eigenvalue weighted by molar-refractivity contribution is 5.59. The molecule has 5 heteroatoms. The summed E-state index contributed by atoms with van der Waals surface area (Å²) in [6.45, 7) is 5.90. The molecule has 102 valence electrons. The quantitative estimate of drug-likeness (QED) is 0.799. The molecule has 3 N–H and O–H groups in total. The Kier molecular flexibility index (Phi) is 4.48. The van der Waals surface area contributed by atoms with Crippen molar-refractivity contribution >= 4 is 11.4 Å². The van der Waals surface area contributed by atoms with Crippen molar-refractivity contribution in [3.8, 4) is 0 Å². The second-order valence-corrected chi connectivity index (χ2v) is 4.71. The van der Waals surface area contributed by atoms with E-state index in [1.54, 1.807) is 0 Å². The topological polar surface area (TPSA) is 38.0 Å². The van der Waals surface area contributed by atoms with E-state index < -0.39 is 11.7 Å². The average Bonchev–Trinajstić information content (AvgIpc) is 2.25. The fourth-order valence-electron chi connectivity index (χ4n) is 1.86. The first-order valence-corrected chi connectivity index (χ1v) is 5.99. The second kappa shape index (κ2) is 5.50. The van der Waals surface area contributed by atoms with Gasteiger partial charge in [-0.05, 0) is 30.5 Å². The van der Waals surface area contributed by atoms with Gasteiger partial charge in [-0.2, -0.15) is 13.2 Å². The van der Waals surface area contributed by atoms with E-state index in [1.807, 2.05) is 20.8 Å². The number of nitrogen functional groups attached to an aromatic ring is 1. The van der Waals surface area contributed by atoms with Crippen molar-refractivity contribution in [3.63, 3.8) is 0 Å². The van der Waals surface area contributed by atoms with E-state index in [9.17, 15) is 13.2 Å².